The summed E-state index contributed by atoms with van der Waals surface area (Å²) in [5.74, 6) is 0.0109. The minimum absolute atomic E-state index is 0.316. The number of nitrogens with two attached hydrogens (primary N) is 2. The molecule has 0 saturated carbocycles. The normalized spacial score (nSPS) is 10.2. The second-order valence-electron chi connectivity index (χ2n) is 3.99. The highest BCUT2D eigenvalue weighted by Crippen LogP contribution is 2.25. The van der Waals surface area contributed by atoms with Gasteiger partial charge in [-0.2, -0.15) is 0 Å². The predicted octanol–water partition coefficient (Wildman–Crippen LogP) is 2.33. The van der Waals surface area contributed by atoms with Gasteiger partial charge in [0.15, 0.2) is 0 Å². The summed E-state index contributed by atoms with van der Waals surface area (Å²) in [6, 6.07) is 5.07. The van der Waals surface area contributed by atoms with E-state index in [1.807, 2.05) is 0 Å². The zero-order valence-electron chi connectivity index (χ0n) is 10.2. The summed E-state index contributed by atoms with van der Waals surface area (Å²) in [7, 11) is 0. The van der Waals surface area contributed by atoms with Crippen molar-refractivity contribution in [3.63, 3.8) is 0 Å². The number of unbranched alkanes of at least 4 members (excludes halogenated alkanes) is 3. The fourth-order valence-corrected chi connectivity index (χ4v) is 1.60. The lowest BCUT2D eigenvalue weighted by Crippen LogP contribution is -2.14. The number of amides is 1. The molecule has 94 valence electrons. The minimum Gasteiger partial charge on any atom is -0.491 e. The van der Waals surface area contributed by atoms with E-state index in [0.717, 1.165) is 12.8 Å². The van der Waals surface area contributed by atoms with Gasteiger partial charge in [0.05, 0.1) is 17.9 Å². The maximum Gasteiger partial charge on any atom is 0.250 e. The number of anilines is 1. The molecule has 0 spiro atoms. The van der Waals surface area contributed by atoms with Crippen LogP contribution in [0.4, 0.5) is 5.69 Å². The van der Waals surface area contributed by atoms with E-state index in [9.17, 15) is 4.79 Å². The van der Waals surface area contributed by atoms with Crippen LogP contribution < -0.4 is 16.2 Å². The quantitative estimate of drug-likeness (QED) is 0.563. The molecule has 0 radical (unpaired) electrons. The highest BCUT2D eigenvalue weighted by Gasteiger charge is 2.09. The number of ether oxygens (including phenoxy) is 1. The molecule has 0 bridgehead atoms. The molecule has 4 N–H and O–H groups in total. The Kier molecular flexibility index (Phi) is 5.33. The zero-order valence-corrected chi connectivity index (χ0v) is 10.2. The lowest BCUT2D eigenvalue weighted by molar-refractivity contribution is 0.100. The van der Waals surface area contributed by atoms with Gasteiger partial charge in [-0.05, 0) is 18.6 Å². The molecule has 17 heavy (non-hydrogen) atoms. The minimum atomic E-state index is -0.529. The maximum absolute atomic E-state index is 11.1. The standard InChI is InChI=1S/C13H20N2O2/c1-2-3-4-5-9-17-11-8-6-7-10(12(11)14)13(15)16/h6-8H,2-5,9,14H2,1H3,(H2,15,16). The van der Waals surface area contributed by atoms with Crippen molar-refractivity contribution in [3.05, 3.63) is 23.8 Å². The van der Waals surface area contributed by atoms with Gasteiger partial charge in [0.25, 0.3) is 5.91 Å². The van der Waals surface area contributed by atoms with Crippen LogP contribution in [0.15, 0.2) is 18.2 Å². The second-order valence-corrected chi connectivity index (χ2v) is 3.99. The summed E-state index contributed by atoms with van der Waals surface area (Å²) >= 11 is 0. The Morgan fingerprint density at radius 1 is 1.29 bits per heavy atom. The first kappa shape index (κ1) is 13.4. The molecule has 1 aromatic carbocycles. The van der Waals surface area contributed by atoms with Crippen LogP contribution >= 0.6 is 0 Å². The Labute approximate surface area is 102 Å². The first-order valence-corrected chi connectivity index (χ1v) is 5.98. The van der Waals surface area contributed by atoms with Crippen LogP contribution in [0.3, 0.4) is 0 Å². The van der Waals surface area contributed by atoms with Crippen molar-refractivity contribution in [1.29, 1.82) is 0 Å². The highest BCUT2D eigenvalue weighted by molar-refractivity contribution is 5.99. The maximum atomic E-state index is 11.1. The van der Waals surface area contributed by atoms with Gasteiger partial charge in [-0.1, -0.05) is 32.3 Å². The van der Waals surface area contributed by atoms with Crippen molar-refractivity contribution in [2.75, 3.05) is 12.3 Å². The average molecular weight is 236 g/mol. The van der Waals surface area contributed by atoms with Crippen molar-refractivity contribution in [2.45, 2.75) is 32.6 Å². The number of hydrogen-bond acceptors (Lipinski definition) is 3. The van der Waals surface area contributed by atoms with Crippen molar-refractivity contribution in [3.8, 4) is 5.75 Å². The third-order valence-electron chi connectivity index (χ3n) is 2.59. The van der Waals surface area contributed by atoms with E-state index in [2.05, 4.69) is 6.92 Å². The number of para-hydroxylation sites is 1. The van der Waals surface area contributed by atoms with Crippen molar-refractivity contribution >= 4 is 11.6 Å². The molecule has 0 aliphatic rings. The van der Waals surface area contributed by atoms with Gasteiger partial charge in [-0.3, -0.25) is 4.79 Å². The van der Waals surface area contributed by atoms with Gasteiger partial charge in [-0.25, -0.2) is 0 Å². The first-order valence-electron chi connectivity index (χ1n) is 5.98. The average Bonchev–Trinajstić information content (AvgIpc) is 2.30. The largest absolute Gasteiger partial charge is 0.491 e. The van der Waals surface area contributed by atoms with Gasteiger partial charge in [0.1, 0.15) is 5.75 Å². The smallest absolute Gasteiger partial charge is 0.250 e. The van der Waals surface area contributed by atoms with Crippen LogP contribution in [-0.4, -0.2) is 12.5 Å². The van der Waals surface area contributed by atoms with E-state index in [4.69, 9.17) is 16.2 Å². The topological polar surface area (TPSA) is 78.3 Å². The molecule has 0 saturated heterocycles. The number of rotatable bonds is 7. The molecule has 0 fully saturated rings. The Hall–Kier alpha value is -1.71. The van der Waals surface area contributed by atoms with Gasteiger partial charge in [0, 0.05) is 0 Å². The summed E-state index contributed by atoms with van der Waals surface area (Å²) in [6.07, 6.45) is 4.54. The molecule has 0 aromatic heterocycles. The number of benzene rings is 1. The summed E-state index contributed by atoms with van der Waals surface area (Å²) < 4.78 is 5.54. The van der Waals surface area contributed by atoms with Crippen molar-refractivity contribution in [1.82, 2.24) is 0 Å². The Morgan fingerprint density at radius 2 is 2.06 bits per heavy atom. The predicted molar refractivity (Wildman–Crippen MR) is 69.0 cm³/mol. The Morgan fingerprint density at radius 3 is 2.71 bits per heavy atom. The Bertz CT molecular complexity index is 378. The van der Waals surface area contributed by atoms with E-state index in [0.29, 0.717) is 23.6 Å². The third kappa shape index (κ3) is 3.98. The number of carbonyl (C=O) groups excluding carboxylic acids is 1. The van der Waals surface area contributed by atoms with Crippen LogP contribution in [0, 0.1) is 0 Å². The van der Waals surface area contributed by atoms with E-state index in [1.165, 1.54) is 12.8 Å². The van der Waals surface area contributed by atoms with Gasteiger partial charge in [0.2, 0.25) is 0 Å². The van der Waals surface area contributed by atoms with E-state index in [-0.39, 0.29) is 0 Å². The molecule has 1 rings (SSSR count). The molecule has 0 atom stereocenters. The molecule has 4 nitrogen and oxygen atoms in total. The van der Waals surface area contributed by atoms with Gasteiger partial charge >= 0.3 is 0 Å². The first-order chi connectivity index (χ1) is 8.16. The van der Waals surface area contributed by atoms with Crippen LogP contribution in [0.2, 0.25) is 0 Å². The van der Waals surface area contributed by atoms with Gasteiger partial charge in [-0.15, -0.1) is 0 Å². The van der Waals surface area contributed by atoms with Gasteiger partial charge < -0.3 is 16.2 Å². The molecule has 0 aliphatic heterocycles. The lowest BCUT2D eigenvalue weighted by atomic mass is 10.1. The van der Waals surface area contributed by atoms with Crippen molar-refractivity contribution < 1.29 is 9.53 Å². The molecular formula is C13H20N2O2. The van der Waals surface area contributed by atoms with Crippen LogP contribution in [0.25, 0.3) is 0 Å². The number of nitrogen functional groups attached to an aromatic ring is 1. The summed E-state index contributed by atoms with van der Waals surface area (Å²) in [5.41, 5.74) is 11.6. The Balaban J connectivity index is 2.54. The second kappa shape index (κ2) is 6.78. The number of primary amides is 1. The fourth-order valence-electron chi connectivity index (χ4n) is 1.60. The molecule has 4 heteroatoms. The van der Waals surface area contributed by atoms with E-state index < -0.39 is 5.91 Å². The number of carbonyl (C=O) groups is 1. The van der Waals surface area contributed by atoms with E-state index in [1.54, 1.807) is 18.2 Å². The molecule has 0 unspecified atom stereocenters. The SMILES string of the molecule is CCCCCCOc1cccc(C(N)=O)c1N. The van der Waals surface area contributed by atoms with E-state index >= 15 is 0 Å². The summed E-state index contributed by atoms with van der Waals surface area (Å²) in [6.45, 7) is 2.78. The van der Waals surface area contributed by atoms with Crippen LogP contribution in [-0.2, 0) is 0 Å². The molecule has 0 heterocycles. The number of hydrogen-bond donors (Lipinski definition) is 2. The molecule has 0 aliphatic carbocycles. The fraction of sp³-hybridized carbons (Fsp3) is 0.462. The summed E-state index contributed by atoms with van der Waals surface area (Å²) in [4.78, 5) is 11.1. The van der Waals surface area contributed by atoms with Crippen LogP contribution in [0.1, 0.15) is 43.0 Å². The monoisotopic (exact) mass is 236 g/mol. The van der Waals surface area contributed by atoms with Crippen LogP contribution in [0.5, 0.6) is 5.75 Å². The lowest BCUT2D eigenvalue weighted by Gasteiger charge is -2.10. The zero-order chi connectivity index (χ0) is 12.7. The summed E-state index contributed by atoms with van der Waals surface area (Å²) in [5, 5.41) is 0. The molecular weight excluding hydrogens is 216 g/mol. The third-order valence-corrected chi connectivity index (χ3v) is 2.59. The van der Waals surface area contributed by atoms with Crippen molar-refractivity contribution in [2.24, 2.45) is 5.73 Å². The molecule has 1 amide bonds. The molecule has 1 aromatic rings. The highest BCUT2D eigenvalue weighted by atomic mass is 16.5.